The lowest BCUT2D eigenvalue weighted by Crippen LogP contribution is -2.45. The SMILES string of the molecule is O=C(CCc1ccc(F)cc1F)N1CCCOC(CN2CCOCC2)C1. The van der Waals surface area contributed by atoms with Crippen LogP contribution in [0.5, 0.6) is 0 Å². The molecular weight excluding hydrogens is 342 g/mol. The normalized spacial score (nSPS) is 22.2. The number of aryl methyl sites for hydroxylation is 1. The van der Waals surface area contributed by atoms with Crippen molar-refractivity contribution in [1.82, 2.24) is 9.80 Å². The molecule has 3 rings (SSSR count). The summed E-state index contributed by atoms with van der Waals surface area (Å²) in [5.41, 5.74) is 0.371. The smallest absolute Gasteiger partial charge is 0.222 e. The van der Waals surface area contributed by atoms with Gasteiger partial charge in [-0.15, -0.1) is 0 Å². The van der Waals surface area contributed by atoms with Crippen LogP contribution >= 0.6 is 0 Å². The second-order valence-electron chi connectivity index (χ2n) is 6.83. The van der Waals surface area contributed by atoms with E-state index in [0.717, 1.165) is 45.3 Å². The average Bonchev–Trinajstić information content (AvgIpc) is 2.87. The van der Waals surface area contributed by atoms with Gasteiger partial charge in [-0.25, -0.2) is 8.78 Å². The maximum atomic E-state index is 13.7. The zero-order valence-corrected chi connectivity index (χ0v) is 15.0. The van der Waals surface area contributed by atoms with Crippen molar-refractivity contribution in [3.63, 3.8) is 0 Å². The van der Waals surface area contributed by atoms with Crippen molar-refractivity contribution in [3.05, 3.63) is 35.4 Å². The summed E-state index contributed by atoms with van der Waals surface area (Å²) in [7, 11) is 0. The van der Waals surface area contributed by atoms with Gasteiger partial charge in [0.15, 0.2) is 0 Å². The Labute approximate surface area is 152 Å². The predicted molar refractivity (Wildman–Crippen MR) is 92.9 cm³/mol. The van der Waals surface area contributed by atoms with Gasteiger partial charge in [-0.05, 0) is 24.5 Å². The zero-order chi connectivity index (χ0) is 18.4. The molecule has 1 unspecified atom stereocenters. The highest BCUT2D eigenvalue weighted by atomic mass is 19.1. The molecule has 0 aliphatic carbocycles. The Morgan fingerprint density at radius 2 is 1.96 bits per heavy atom. The molecule has 0 radical (unpaired) electrons. The highest BCUT2D eigenvalue weighted by Gasteiger charge is 2.25. The third-order valence-electron chi connectivity index (χ3n) is 4.89. The Balaban J connectivity index is 1.51. The van der Waals surface area contributed by atoms with Crippen LogP contribution in [0.15, 0.2) is 18.2 Å². The van der Waals surface area contributed by atoms with Crippen molar-refractivity contribution in [2.24, 2.45) is 0 Å². The summed E-state index contributed by atoms with van der Waals surface area (Å²) >= 11 is 0. The van der Waals surface area contributed by atoms with Gasteiger partial charge in [0.05, 0.1) is 19.3 Å². The van der Waals surface area contributed by atoms with Crippen LogP contribution in [-0.4, -0.2) is 74.4 Å². The number of nitrogens with zero attached hydrogens (tertiary/aromatic N) is 2. The number of hydrogen-bond donors (Lipinski definition) is 0. The first-order valence-electron chi connectivity index (χ1n) is 9.25. The van der Waals surface area contributed by atoms with Crippen LogP contribution in [0.1, 0.15) is 18.4 Å². The number of halogens is 2. The maximum Gasteiger partial charge on any atom is 0.222 e. The Morgan fingerprint density at radius 1 is 1.15 bits per heavy atom. The van der Waals surface area contributed by atoms with E-state index >= 15 is 0 Å². The second-order valence-corrected chi connectivity index (χ2v) is 6.83. The van der Waals surface area contributed by atoms with Crippen LogP contribution in [-0.2, 0) is 20.7 Å². The largest absolute Gasteiger partial charge is 0.379 e. The predicted octanol–water partition coefficient (Wildman–Crippen LogP) is 1.85. The topological polar surface area (TPSA) is 42.0 Å². The number of morpholine rings is 1. The molecule has 0 spiro atoms. The van der Waals surface area contributed by atoms with E-state index in [9.17, 15) is 13.6 Å². The van der Waals surface area contributed by atoms with E-state index in [1.165, 1.54) is 12.1 Å². The molecule has 2 heterocycles. The summed E-state index contributed by atoms with van der Waals surface area (Å²) < 4.78 is 38.0. The van der Waals surface area contributed by atoms with Crippen LogP contribution in [0.4, 0.5) is 8.78 Å². The van der Waals surface area contributed by atoms with E-state index in [4.69, 9.17) is 9.47 Å². The molecule has 26 heavy (non-hydrogen) atoms. The highest BCUT2D eigenvalue weighted by Crippen LogP contribution is 2.14. The molecule has 0 bridgehead atoms. The van der Waals surface area contributed by atoms with Crippen molar-refractivity contribution in [2.75, 3.05) is 52.5 Å². The third-order valence-corrected chi connectivity index (χ3v) is 4.89. The number of carbonyl (C=O) groups excluding carboxylic acids is 1. The minimum absolute atomic E-state index is 0.00815. The summed E-state index contributed by atoms with van der Waals surface area (Å²) in [5.74, 6) is -1.21. The Hall–Kier alpha value is -1.57. The van der Waals surface area contributed by atoms with E-state index in [2.05, 4.69) is 4.90 Å². The lowest BCUT2D eigenvalue weighted by Gasteiger charge is -2.31. The first-order valence-corrected chi connectivity index (χ1v) is 9.25. The summed E-state index contributed by atoms with van der Waals surface area (Å²) in [6.45, 7) is 5.89. The monoisotopic (exact) mass is 368 g/mol. The summed E-state index contributed by atoms with van der Waals surface area (Å²) in [6.07, 6.45) is 1.28. The number of ether oxygens (including phenoxy) is 2. The fraction of sp³-hybridized carbons (Fsp3) is 0.632. The van der Waals surface area contributed by atoms with E-state index in [0.29, 0.717) is 25.3 Å². The van der Waals surface area contributed by atoms with Gasteiger partial charge in [-0.1, -0.05) is 6.07 Å². The molecule has 2 aliphatic rings. The van der Waals surface area contributed by atoms with Crippen LogP contribution < -0.4 is 0 Å². The number of rotatable bonds is 5. The van der Waals surface area contributed by atoms with E-state index < -0.39 is 11.6 Å². The Kier molecular flexibility index (Phi) is 6.93. The van der Waals surface area contributed by atoms with Gasteiger partial charge in [0.2, 0.25) is 5.91 Å². The summed E-state index contributed by atoms with van der Waals surface area (Å²) in [6, 6.07) is 3.49. The van der Waals surface area contributed by atoms with E-state index in [1.54, 1.807) is 0 Å². The van der Waals surface area contributed by atoms with Gasteiger partial charge in [0.25, 0.3) is 0 Å². The summed E-state index contributed by atoms with van der Waals surface area (Å²) in [4.78, 5) is 16.7. The minimum atomic E-state index is -0.604. The second kappa shape index (κ2) is 9.39. The molecule has 2 saturated heterocycles. The molecule has 144 valence electrons. The molecular formula is C19H26F2N2O3. The Morgan fingerprint density at radius 3 is 2.73 bits per heavy atom. The van der Waals surface area contributed by atoms with E-state index in [-0.39, 0.29) is 24.9 Å². The lowest BCUT2D eigenvalue weighted by molar-refractivity contribution is -0.132. The molecule has 1 atom stereocenters. The molecule has 0 N–H and O–H groups in total. The van der Waals surface area contributed by atoms with Gasteiger partial charge < -0.3 is 14.4 Å². The van der Waals surface area contributed by atoms with Crippen LogP contribution in [0.2, 0.25) is 0 Å². The fourth-order valence-corrected chi connectivity index (χ4v) is 3.43. The third kappa shape index (κ3) is 5.46. The van der Waals surface area contributed by atoms with Gasteiger partial charge >= 0.3 is 0 Å². The molecule has 0 saturated carbocycles. The van der Waals surface area contributed by atoms with Gasteiger partial charge in [-0.2, -0.15) is 0 Å². The van der Waals surface area contributed by atoms with Crippen molar-refractivity contribution in [3.8, 4) is 0 Å². The Bertz CT molecular complexity index is 608. The standard InChI is InChI=1S/C19H26F2N2O3/c20-16-4-2-15(18(21)12-16)3-5-19(24)23-6-1-9-26-17(14-23)13-22-7-10-25-11-8-22/h2,4,12,17H,1,3,5-11,13-14H2. The van der Waals surface area contributed by atoms with Crippen molar-refractivity contribution in [1.29, 1.82) is 0 Å². The number of carbonyl (C=O) groups is 1. The number of benzene rings is 1. The van der Waals surface area contributed by atoms with Crippen molar-refractivity contribution >= 4 is 5.91 Å². The van der Waals surface area contributed by atoms with Gasteiger partial charge in [0, 0.05) is 51.8 Å². The molecule has 7 heteroatoms. The fourth-order valence-electron chi connectivity index (χ4n) is 3.43. The zero-order valence-electron chi connectivity index (χ0n) is 15.0. The number of hydrogen-bond acceptors (Lipinski definition) is 4. The molecule has 1 aromatic carbocycles. The van der Waals surface area contributed by atoms with Crippen LogP contribution in [0.3, 0.4) is 0 Å². The minimum Gasteiger partial charge on any atom is -0.379 e. The molecule has 2 fully saturated rings. The van der Waals surface area contributed by atoms with Crippen LogP contribution in [0, 0.1) is 11.6 Å². The van der Waals surface area contributed by atoms with E-state index in [1.807, 2.05) is 4.90 Å². The quantitative estimate of drug-likeness (QED) is 0.796. The molecule has 5 nitrogen and oxygen atoms in total. The maximum absolute atomic E-state index is 13.7. The first kappa shape index (κ1) is 19.2. The molecule has 1 amide bonds. The highest BCUT2D eigenvalue weighted by molar-refractivity contribution is 5.76. The summed E-state index contributed by atoms with van der Waals surface area (Å²) in [5, 5.41) is 0. The first-order chi connectivity index (χ1) is 12.6. The molecule has 1 aromatic rings. The van der Waals surface area contributed by atoms with Crippen LogP contribution in [0.25, 0.3) is 0 Å². The molecule has 0 aromatic heterocycles. The van der Waals surface area contributed by atoms with Gasteiger partial charge in [-0.3, -0.25) is 9.69 Å². The number of amides is 1. The lowest BCUT2D eigenvalue weighted by atomic mass is 10.1. The average molecular weight is 368 g/mol. The van der Waals surface area contributed by atoms with Crippen molar-refractivity contribution in [2.45, 2.75) is 25.4 Å². The molecule has 2 aliphatic heterocycles. The van der Waals surface area contributed by atoms with Gasteiger partial charge in [0.1, 0.15) is 11.6 Å². The van der Waals surface area contributed by atoms with Crippen molar-refractivity contribution < 1.29 is 23.0 Å².